The Bertz CT molecular complexity index is 1250. The molecular formula is C22H18ClF7N4O3. The monoisotopic (exact) mass is 554 g/mol. The van der Waals surface area contributed by atoms with Crippen LogP contribution >= 0.6 is 11.6 Å². The molecule has 0 bridgehead atoms. The molecule has 0 aliphatic heterocycles. The Balaban J connectivity index is 2.19. The van der Waals surface area contributed by atoms with Crippen molar-refractivity contribution in [2.45, 2.75) is 18.7 Å². The first-order valence-corrected chi connectivity index (χ1v) is 10.6. The first-order valence-electron chi connectivity index (χ1n) is 10.3. The van der Waals surface area contributed by atoms with Gasteiger partial charge in [-0.3, -0.25) is 14.4 Å². The fourth-order valence-corrected chi connectivity index (χ4v) is 3.52. The second-order valence-electron chi connectivity index (χ2n) is 7.38. The van der Waals surface area contributed by atoms with Crippen molar-refractivity contribution in [3.63, 3.8) is 0 Å². The van der Waals surface area contributed by atoms with Gasteiger partial charge in [0, 0.05) is 25.2 Å². The number of hydrogen-bond donors (Lipinski definition) is 1. The lowest BCUT2D eigenvalue weighted by Gasteiger charge is -2.26. The van der Waals surface area contributed by atoms with E-state index in [0.29, 0.717) is 6.07 Å². The fourth-order valence-electron chi connectivity index (χ4n) is 3.25. The molecule has 2 aromatic carbocycles. The minimum Gasteiger partial charge on any atom is -0.492 e. The van der Waals surface area contributed by atoms with Crippen LogP contribution in [0.1, 0.15) is 0 Å². The second kappa shape index (κ2) is 10.8. The molecule has 2 N–H and O–H groups in total. The van der Waals surface area contributed by atoms with Gasteiger partial charge in [0.15, 0.2) is 0 Å². The number of amides is 1. The highest BCUT2D eigenvalue weighted by atomic mass is 35.5. The summed E-state index contributed by atoms with van der Waals surface area (Å²) in [6.45, 7) is 0.139. The van der Waals surface area contributed by atoms with Crippen LogP contribution in [0.15, 0.2) is 48.7 Å². The highest BCUT2D eigenvalue weighted by Gasteiger charge is 2.45. The van der Waals surface area contributed by atoms with Crippen molar-refractivity contribution in [2.75, 3.05) is 18.1 Å². The van der Waals surface area contributed by atoms with E-state index in [-0.39, 0.29) is 45.8 Å². The van der Waals surface area contributed by atoms with Gasteiger partial charge in [-0.15, -0.1) is 0 Å². The number of halogens is 8. The Morgan fingerprint density at radius 1 is 1.14 bits per heavy atom. The molecule has 0 radical (unpaired) electrons. The average molecular weight is 555 g/mol. The number of aromatic nitrogens is 2. The Labute approximate surface area is 210 Å². The number of nitrogens with zero attached hydrogens (tertiary/aromatic N) is 3. The molecule has 0 spiro atoms. The van der Waals surface area contributed by atoms with Crippen LogP contribution in [0.25, 0.3) is 11.3 Å². The van der Waals surface area contributed by atoms with E-state index in [0.717, 1.165) is 30.3 Å². The quantitative estimate of drug-likeness (QED) is 0.351. The Morgan fingerprint density at radius 2 is 1.81 bits per heavy atom. The zero-order valence-corrected chi connectivity index (χ0v) is 19.5. The van der Waals surface area contributed by atoms with Gasteiger partial charge in [-0.1, -0.05) is 17.7 Å². The number of alkyl halides is 7. The summed E-state index contributed by atoms with van der Waals surface area (Å²) in [5, 5.41) is 4.08. The summed E-state index contributed by atoms with van der Waals surface area (Å²) in [7, 11) is 1.50. The van der Waals surface area contributed by atoms with E-state index in [2.05, 4.69) is 9.84 Å². The maximum absolute atomic E-state index is 13.6. The fraction of sp³-hybridized carbons (Fsp3) is 0.273. The van der Waals surface area contributed by atoms with E-state index < -0.39 is 36.1 Å². The zero-order chi connectivity index (χ0) is 27.5. The highest BCUT2D eigenvalue weighted by Crippen LogP contribution is 2.41. The van der Waals surface area contributed by atoms with Crippen molar-refractivity contribution in [1.29, 1.82) is 0 Å². The van der Waals surface area contributed by atoms with Gasteiger partial charge in [-0.2, -0.15) is 35.8 Å². The van der Waals surface area contributed by atoms with E-state index in [9.17, 15) is 35.5 Å². The first kappa shape index (κ1) is 28.1. The van der Waals surface area contributed by atoms with Gasteiger partial charge in [0.1, 0.15) is 18.1 Å². The van der Waals surface area contributed by atoms with Crippen LogP contribution in [0.5, 0.6) is 11.5 Å². The van der Waals surface area contributed by atoms with Crippen molar-refractivity contribution in [3.05, 3.63) is 53.7 Å². The van der Waals surface area contributed by atoms with Crippen LogP contribution in [-0.2, 0) is 11.8 Å². The molecule has 15 heteroatoms. The number of hydrogen-bond acceptors (Lipinski definition) is 5. The number of anilines is 2. The zero-order valence-electron chi connectivity index (χ0n) is 18.8. The molecule has 0 saturated heterocycles. The van der Waals surface area contributed by atoms with Gasteiger partial charge in [-0.25, -0.2) is 0 Å². The van der Waals surface area contributed by atoms with E-state index in [4.69, 9.17) is 22.1 Å². The smallest absolute Gasteiger partial charge is 0.472 e. The summed E-state index contributed by atoms with van der Waals surface area (Å²) in [6, 6.07) is 6.85. The Hall–Kier alpha value is -3.52. The van der Waals surface area contributed by atoms with Crippen molar-refractivity contribution in [3.8, 4) is 22.8 Å². The van der Waals surface area contributed by atoms with E-state index >= 15 is 0 Å². The lowest BCUT2D eigenvalue weighted by molar-refractivity contribution is -0.253. The normalized spacial score (nSPS) is 12.1. The molecule has 0 aliphatic carbocycles. The number of benzene rings is 2. The lowest BCUT2D eigenvalue weighted by atomic mass is 10.1. The number of nitrogens with two attached hydrogens (primary N) is 1. The van der Waals surface area contributed by atoms with Crippen molar-refractivity contribution in [2.24, 2.45) is 12.8 Å². The third-order valence-electron chi connectivity index (χ3n) is 4.78. The predicted octanol–water partition coefficient (Wildman–Crippen LogP) is 5.54. The highest BCUT2D eigenvalue weighted by molar-refractivity contribution is 6.33. The largest absolute Gasteiger partial charge is 0.492 e. The number of carbonyl (C=O) groups is 1. The molecule has 1 heterocycles. The van der Waals surface area contributed by atoms with Crippen molar-refractivity contribution < 1.29 is 45.0 Å². The summed E-state index contributed by atoms with van der Waals surface area (Å²) in [4.78, 5) is 12.6. The lowest BCUT2D eigenvalue weighted by Crippen LogP contribution is -2.38. The first-order chi connectivity index (χ1) is 17.3. The Kier molecular flexibility index (Phi) is 8.22. The minimum atomic E-state index is -5.41. The van der Waals surface area contributed by atoms with Crippen LogP contribution in [0.2, 0.25) is 5.02 Å². The molecular weight excluding hydrogens is 537 g/mol. The molecule has 3 rings (SSSR count). The maximum atomic E-state index is 13.6. The molecule has 0 atom stereocenters. The molecule has 3 aromatic rings. The minimum absolute atomic E-state index is 0.0325. The van der Waals surface area contributed by atoms with E-state index in [1.807, 2.05) is 0 Å². The number of carbonyl (C=O) groups excluding carboxylic acids is 1. The third kappa shape index (κ3) is 6.25. The molecule has 200 valence electrons. The summed E-state index contributed by atoms with van der Waals surface area (Å²) in [5.41, 5.74) is 4.85. The molecule has 0 unspecified atom stereocenters. The van der Waals surface area contributed by atoms with Crippen molar-refractivity contribution in [1.82, 2.24) is 9.78 Å². The van der Waals surface area contributed by atoms with Crippen molar-refractivity contribution >= 4 is 28.9 Å². The molecule has 0 aliphatic rings. The molecule has 1 aromatic heterocycles. The van der Waals surface area contributed by atoms with Crippen LogP contribution < -0.4 is 20.1 Å². The summed E-state index contributed by atoms with van der Waals surface area (Å²) in [5.74, 6) is -3.16. The third-order valence-corrected chi connectivity index (χ3v) is 5.05. The van der Waals surface area contributed by atoms with Crippen LogP contribution in [-0.4, -0.2) is 47.5 Å². The maximum Gasteiger partial charge on any atom is 0.472 e. The number of aryl methyl sites for hydroxylation is 1. The molecule has 0 fully saturated rings. The standard InChI is InChI=1S/C22H18ClF7N4O3/c1-33-18(16(23)11-32-33)15-10-13(5-6-17(15)36-8-7-31)34(20(35)21(26,27)28)12-3-2-4-14(9-12)37-22(29,30)19(24)25/h2-6,9-11,19H,7-8,31H2,1H3. The van der Waals surface area contributed by atoms with E-state index in [1.54, 1.807) is 0 Å². The van der Waals surface area contributed by atoms with Gasteiger partial charge in [0.2, 0.25) is 0 Å². The number of rotatable bonds is 9. The van der Waals surface area contributed by atoms with Crippen LogP contribution in [0.3, 0.4) is 0 Å². The van der Waals surface area contributed by atoms with Gasteiger partial charge in [0.25, 0.3) is 0 Å². The molecule has 1 amide bonds. The summed E-state index contributed by atoms with van der Waals surface area (Å²) < 4.78 is 103. The van der Waals surface area contributed by atoms with E-state index in [1.165, 1.54) is 24.0 Å². The Morgan fingerprint density at radius 3 is 2.38 bits per heavy atom. The molecule has 37 heavy (non-hydrogen) atoms. The summed E-state index contributed by atoms with van der Waals surface area (Å²) >= 11 is 6.20. The van der Waals surface area contributed by atoms with Gasteiger partial charge < -0.3 is 15.2 Å². The predicted molar refractivity (Wildman–Crippen MR) is 119 cm³/mol. The molecule has 0 saturated carbocycles. The van der Waals surface area contributed by atoms with Crippen LogP contribution in [0, 0.1) is 0 Å². The topological polar surface area (TPSA) is 82.6 Å². The average Bonchev–Trinajstić information content (AvgIpc) is 3.15. The van der Waals surface area contributed by atoms with Gasteiger partial charge in [0.05, 0.1) is 28.3 Å². The van der Waals surface area contributed by atoms with Crippen LogP contribution in [0.4, 0.5) is 42.1 Å². The summed E-state index contributed by atoms with van der Waals surface area (Å²) in [6.07, 6.45) is -13.3. The second-order valence-corrected chi connectivity index (χ2v) is 7.79. The van der Waals surface area contributed by atoms with Gasteiger partial charge >= 0.3 is 24.6 Å². The molecule has 7 nitrogen and oxygen atoms in total. The SMILES string of the molecule is Cn1ncc(Cl)c1-c1cc(N(C(=O)C(F)(F)F)c2cccc(OC(F)(F)C(F)F)c2)ccc1OCCN. The number of ether oxygens (including phenoxy) is 2. The van der Waals surface area contributed by atoms with Gasteiger partial charge in [-0.05, 0) is 30.3 Å².